The Morgan fingerprint density at radius 1 is 1.18 bits per heavy atom. The van der Waals surface area contributed by atoms with E-state index in [9.17, 15) is 29.4 Å². The minimum atomic E-state index is -1.42. The normalized spacial score (nSPS) is 45.9. The number of hydrogen-bond acceptors (Lipinski definition) is 7. The van der Waals surface area contributed by atoms with Crippen LogP contribution in [0.3, 0.4) is 0 Å². The van der Waals surface area contributed by atoms with Gasteiger partial charge in [-0.25, -0.2) is 0 Å². The van der Waals surface area contributed by atoms with Crippen molar-refractivity contribution in [3.05, 3.63) is 11.6 Å². The molecule has 33 heavy (non-hydrogen) atoms. The van der Waals surface area contributed by atoms with E-state index in [-0.39, 0.29) is 59.3 Å². The van der Waals surface area contributed by atoms with E-state index >= 15 is 0 Å². The molecule has 0 aromatic heterocycles. The third kappa shape index (κ3) is 3.05. The van der Waals surface area contributed by atoms with E-state index in [1.807, 2.05) is 0 Å². The SMILES string of the molecule is CC(=O)S[C@H]1[C@@H]2C3CC[C@@]4(C(=O)OC[C@@]35CCC(=O)C=C5[C@H]1C)[C@H]2CC[C@@]4(O)CCC(=O)O. The van der Waals surface area contributed by atoms with Gasteiger partial charge in [0.25, 0.3) is 0 Å². The summed E-state index contributed by atoms with van der Waals surface area (Å²) in [6, 6.07) is 0. The zero-order valence-electron chi connectivity index (χ0n) is 19.2. The number of fused-ring (bicyclic) bond motifs is 2. The highest BCUT2D eigenvalue weighted by molar-refractivity contribution is 8.14. The van der Waals surface area contributed by atoms with Crippen LogP contribution < -0.4 is 0 Å². The first-order valence-corrected chi connectivity index (χ1v) is 13.0. The van der Waals surface area contributed by atoms with Crippen molar-refractivity contribution in [2.75, 3.05) is 6.61 Å². The lowest BCUT2D eigenvalue weighted by Gasteiger charge is -2.64. The van der Waals surface area contributed by atoms with Gasteiger partial charge in [-0.2, -0.15) is 0 Å². The van der Waals surface area contributed by atoms with Gasteiger partial charge in [-0.1, -0.05) is 24.3 Å². The molecule has 1 unspecified atom stereocenters. The van der Waals surface area contributed by atoms with E-state index in [4.69, 9.17) is 4.74 Å². The quantitative estimate of drug-likeness (QED) is 0.594. The van der Waals surface area contributed by atoms with E-state index in [2.05, 4.69) is 6.92 Å². The summed E-state index contributed by atoms with van der Waals surface area (Å²) in [5.74, 6) is -1.32. The van der Waals surface area contributed by atoms with Crippen molar-refractivity contribution >= 4 is 34.6 Å². The van der Waals surface area contributed by atoms with Crippen molar-refractivity contribution in [3.63, 3.8) is 0 Å². The number of carboxylic acid groups (broad SMARTS) is 1. The largest absolute Gasteiger partial charge is 0.481 e. The second kappa shape index (κ2) is 7.67. The fourth-order valence-electron chi connectivity index (χ4n) is 8.54. The number of ether oxygens (including phenoxy) is 1. The smallest absolute Gasteiger partial charge is 0.315 e. The molecular weight excluding hydrogens is 444 g/mol. The third-order valence-corrected chi connectivity index (χ3v) is 11.1. The lowest BCUT2D eigenvalue weighted by atomic mass is 9.43. The lowest BCUT2D eigenvalue weighted by molar-refractivity contribution is -0.213. The van der Waals surface area contributed by atoms with Crippen molar-refractivity contribution in [2.24, 2.45) is 34.5 Å². The molecule has 5 aliphatic rings. The molecule has 1 saturated heterocycles. The molecule has 0 aromatic carbocycles. The zero-order chi connectivity index (χ0) is 23.8. The Morgan fingerprint density at radius 2 is 1.91 bits per heavy atom. The maximum atomic E-state index is 13.8. The fraction of sp³-hybridized carbons (Fsp3) is 0.760. The van der Waals surface area contributed by atoms with Gasteiger partial charge in [0.2, 0.25) is 0 Å². The van der Waals surface area contributed by atoms with E-state index in [0.29, 0.717) is 38.5 Å². The Morgan fingerprint density at radius 3 is 2.61 bits per heavy atom. The molecule has 0 amide bonds. The summed E-state index contributed by atoms with van der Waals surface area (Å²) in [7, 11) is 0. The van der Waals surface area contributed by atoms with Crippen LogP contribution in [0.1, 0.15) is 65.2 Å². The highest BCUT2D eigenvalue weighted by atomic mass is 32.2. The summed E-state index contributed by atoms with van der Waals surface area (Å²) < 4.78 is 6.00. The lowest BCUT2D eigenvalue weighted by Crippen LogP contribution is -2.66. The summed E-state index contributed by atoms with van der Waals surface area (Å²) in [6.45, 7) is 3.83. The Bertz CT molecular complexity index is 958. The highest BCUT2D eigenvalue weighted by Crippen LogP contribution is 2.72. The first kappa shape index (κ1) is 23.1. The van der Waals surface area contributed by atoms with Gasteiger partial charge >= 0.3 is 11.9 Å². The van der Waals surface area contributed by atoms with Crippen LogP contribution in [0.4, 0.5) is 0 Å². The van der Waals surface area contributed by atoms with Crippen molar-refractivity contribution in [1.29, 1.82) is 0 Å². The summed E-state index contributed by atoms with van der Waals surface area (Å²) in [5, 5.41) is 21.0. The van der Waals surface area contributed by atoms with Gasteiger partial charge in [0.05, 0.1) is 11.0 Å². The first-order valence-electron chi connectivity index (χ1n) is 12.1. The maximum Gasteiger partial charge on any atom is 0.315 e. The van der Waals surface area contributed by atoms with Crippen LogP contribution in [0.15, 0.2) is 11.6 Å². The van der Waals surface area contributed by atoms with Crippen molar-refractivity contribution in [3.8, 4) is 0 Å². The number of carbonyl (C=O) groups excluding carboxylic acids is 3. The summed E-state index contributed by atoms with van der Waals surface area (Å²) in [4.78, 5) is 49.9. The van der Waals surface area contributed by atoms with Gasteiger partial charge in [-0.3, -0.25) is 19.2 Å². The molecule has 180 valence electrons. The number of aliphatic hydroxyl groups is 1. The molecular formula is C25H32O7S. The van der Waals surface area contributed by atoms with Crippen molar-refractivity contribution in [2.45, 2.75) is 76.1 Å². The van der Waals surface area contributed by atoms with E-state index in [1.54, 1.807) is 13.0 Å². The fourth-order valence-corrected chi connectivity index (χ4v) is 9.81. The van der Waals surface area contributed by atoms with Crippen molar-refractivity contribution < 1.29 is 34.1 Å². The molecule has 2 N–H and O–H groups in total. The molecule has 5 rings (SSSR count). The number of carbonyl (C=O) groups is 4. The standard InChI is InChI=1S/C25H32O7S/c1-13-18-11-15(27)3-7-23(18)12-32-22(30)25-10-5-16(23)20(21(13)33-14(2)26)17(25)4-8-24(25,31)9-6-19(28)29/h11,13,16-17,20-21,31H,3-10,12H2,1-2H3,(H,28,29)/t13-,16?,17+,20-,21-,23+,24-,25+/m1/s1. The second-order valence-corrected chi connectivity index (χ2v) is 12.3. The number of carboxylic acids is 1. The number of aliphatic carboxylic acids is 1. The predicted molar refractivity (Wildman–Crippen MR) is 120 cm³/mol. The Labute approximate surface area is 197 Å². The van der Waals surface area contributed by atoms with Crippen LogP contribution in [0, 0.1) is 34.5 Å². The number of hydrogen-bond donors (Lipinski definition) is 2. The molecule has 2 spiro atoms. The molecule has 1 heterocycles. The van der Waals surface area contributed by atoms with E-state index < -0.39 is 28.4 Å². The van der Waals surface area contributed by atoms with Gasteiger partial charge in [-0.15, -0.1) is 0 Å². The topological polar surface area (TPSA) is 118 Å². The third-order valence-electron chi connectivity index (χ3n) is 9.77. The molecule has 4 aliphatic carbocycles. The predicted octanol–water partition coefficient (Wildman–Crippen LogP) is 3.14. The van der Waals surface area contributed by atoms with Gasteiger partial charge in [0.15, 0.2) is 10.9 Å². The molecule has 0 aromatic rings. The summed E-state index contributed by atoms with van der Waals surface area (Å²) >= 11 is 1.31. The molecule has 0 radical (unpaired) electrons. The molecule has 2 bridgehead atoms. The number of thioether (sulfide) groups is 1. The Kier molecular flexibility index (Phi) is 5.37. The van der Waals surface area contributed by atoms with Crippen molar-refractivity contribution in [1.82, 2.24) is 0 Å². The summed E-state index contributed by atoms with van der Waals surface area (Å²) in [6.07, 6.45) is 4.81. The number of rotatable bonds is 4. The van der Waals surface area contributed by atoms with Crippen LogP contribution in [-0.2, 0) is 23.9 Å². The average Bonchev–Trinajstić information content (AvgIpc) is 3.07. The average molecular weight is 477 g/mol. The molecule has 7 nitrogen and oxygen atoms in total. The number of cyclic esters (lactones) is 1. The summed E-state index contributed by atoms with van der Waals surface area (Å²) in [5.41, 5.74) is -1.92. The van der Waals surface area contributed by atoms with Crippen LogP contribution in [-0.4, -0.2) is 50.5 Å². The molecule has 4 fully saturated rings. The van der Waals surface area contributed by atoms with E-state index in [0.717, 1.165) is 5.57 Å². The second-order valence-electron chi connectivity index (χ2n) is 10.9. The van der Waals surface area contributed by atoms with Gasteiger partial charge in [0, 0.05) is 30.4 Å². The Hall–Kier alpha value is -1.67. The number of esters is 1. The number of ketones is 1. The zero-order valence-corrected chi connectivity index (χ0v) is 20.0. The maximum absolute atomic E-state index is 13.8. The van der Waals surface area contributed by atoms with E-state index in [1.165, 1.54) is 11.8 Å². The first-order chi connectivity index (χ1) is 15.6. The minimum Gasteiger partial charge on any atom is -0.481 e. The molecule has 1 aliphatic heterocycles. The van der Waals surface area contributed by atoms with Gasteiger partial charge in [0.1, 0.15) is 6.61 Å². The molecule has 8 heteroatoms. The van der Waals surface area contributed by atoms with Crippen LogP contribution in [0.5, 0.6) is 0 Å². The van der Waals surface area contributed by atoms with Crippen LogP contribution >= 0.6 is 11.8 Å². The molecule has 3 saturated carbocycles. The highest BCUT2D eigenvalue weighted by Gasteiger charge is 2.74. The molecule has 8 atom stereocenters. The van der Waals surface area contributed by atoms with Gasteiger partial charge in [-0.05, 0) is 68.3 Å². The minimum absolute atomic E-state index is 0.00998. The van der Waals surface area contributed by atoms with Crippen LogP contribution in [0.2, 0.25) is 0 Å². The Balaban J connectivity index is 1.66. The monoisotopic (exact) mass is 476 g/mol. The van der Waals surface area contributed by atoms with Gasteiger partial charge < -0.3 is 14.9 Å². The van der Waals surface area contributed by atoms with Crippen LogP contribution in [0.25, 0.3) is 0 Å².